The second kappa shape index (κ2) is 16.2. The van der Waals surface area contributed by atoms with Gasteiger partial charge in [0.25, 0.3) is 0 Å². The molecule has 1 aliphatic rings. The minimum absolute atomic E-state index is 0.757. The van der Waals surface area contributed by atoms with Crippen LogP contribution in [-0.4, -0.2) is 4.57 Å². The van der Waals surface area contributed by atoms with Gasteiger partial charge < -0.3 is 18.3 Å². The topological polar surface area (TPSA) is 34.5 Å². The maximum Gasteiger partial charge on any atom is 0.145 e. The van der Waals surface area contributed by atoms with Gasteiger partial charge in [-0.2, -0.15) is 0 Å². The minimum atomic E-state index is -0.757. The van der Waals surface area contributed by atoms with Crippen molar-refractivity contribution >= 4 is 71.8 Å². The second-order valence-corrected chi connectivity index (χ2v) is 19.2. The summed E-state index contributed by atoms with van der Waals surface area (Å²) >= 11 is 0. The monoisotopic (exact) mass is 932 g/mol. The van der Waals surface area contributed by atoms with Crippen LogP contribution < -0.4 is 4.90 Å². The van der Waals surface area contributed by atoms with Crippen molar-refractivity contribution in [3.8, 4) is 39.1 Å². The van der Waals surface area contributed by atoms with E-state index >= 15 is 0 Å². The molecule has 0 N–H and O–H groups in total. The third-order valence-electron chi connectivity index (χ3n) is 15.3. The van der Waals surface area contributed by atoms with Crippen LogP contribution in [0.2, 0.25) is 0 Å². The number of benzene rings is 11. The predicted octanol–water partition coefficient (Wildman–Crippen LogP) is 18.6. The number of hydrogen-bond acceptors (Lipinski definition) is 3. The molecule has 4 nitrogen and oxygen atoms in total. The van der Waals surface area contributed by atoms with Crippen molar-refractivity contribution in [3.63, 3.8) is 0 Å². The van der Waals surface area contributed by atoms with E-state index in [1.807, 2.05) is 0 Å². The van der Waals surface area contributed by atoms with Gasteiger partial charge in [-0.15, -0.1) is 0 Å². The van der Waals surface area contributed by atoms with Crippen molar-refractivity contribution in [3.05, 3.63) is 289 Å². The summed E-state index contributed by atoms with van der Waals surface area (Å²) in [5.74, 6) is 0. The normalized spacial score (nSPS) is 12.8. The Morgan fingerprint density at radius 1 is 0.370 bits per heavy atom. The smallest absolute Gasteiger partial charge is 0.145 e. The third kappa shape index (κ3) is 6.20. The number of nitrogens with zero attached hydrogens (tertiary/aromatic N) is 2. The summed E-state index contributed by atoms with van der Waals surface area (Å²) in [7, 11) is 0. The molecule has 0 bridgehead atoms. The fourth-order valence-corrected chi connectivity index (χ4v) is 12.1. The van der Waals surface area contributed by atoms with Crippen LogP contribution in [0.1, 0.15) is 22.3 Å². The molecular formula is C69H44N2O2. The molecule has 73 heavy (non-hydrogen) atoms. The van der Waals surface area contributed by atoms with Gasteiger partial charge in [-0.05, 0) is 117 Å². The first-order valence-corrected chi connectivity index (χ1v) is 25.0. The van der Waals surface area contributed by atoms with Crippen molar-refractivity contribution in [2.45, 2.75) is 5.41 Å². The molecular weight excluding hydrogens is 889 g/mol. The number of rotatable bonds is 8. The molecule has 342 valence electrons. The highest BCUT2D eigenvalue weighted by molar-refractivity contribution is 6.22. The highest BCUT2D eigenvalue weighted by Gasteiger charge is 2.49. The molecule has 0 atom stereocenters. The Morgan fingerprint density at radius 2 is 0.890 bits per heavy atom. The van der Waals surface area contributed by atoms with E-state index in [0.29, 0.717) is 0 Å². The number of anilines is 3. The van der Waals surface area contributed by atoms with Crippen LogP contribution in [0.5, 0.6) is 0 Å². The lowest BCUT2D eigenvalue weighted by atomic mass is 9.67. The molecule has 11 aromatic carbocycles. The van der Waals surface area contributed by atoms with Crippen molar-refractivity contribution < 1.29 is 8.83 Å². The van der Waals surface area contributed by atoms with Gasteiger partial charge in [-0.1, -0.05) is 188 Å². The van der Waals surface area contributed by atoms with Gasteiger partial charge in [0.15, 0.2) is 0 Å². The maximum atomic E-state index is 7.35. The van der Waals surface area contributed by atoms with Gasteiger partial charge in [0.05, 0.1) is 22.0 Å². The fourth-order valence-electron chi connectivity index (χ4n) is 12.1. The Balaban J connectivity index is 1.01. The lowest BCUT2D eigenvalue weighted by Gasteiger charge is -2.35. The van der Waals surface area contributed by atoms with Crippen LogP contribution in [0.25, 0.3) is 93.8 Å². The number of para-hydroxylation sites is 3. The number of aromatic nitrogens is 1. The Labute approximate surface area is 421 Å². The standard InChI is InChI=1S/C69H44N2O2/c1-5-17-45(18-6-1)46-29-34-53(35-30-46)71(54-36-31-47(32-37-54)48-33-40-60-49(43-48)41-42-70(60)52-23-11-4-12-24-52)61-44-59-66(68-64(61)57-26-14-16-28-63(57)73-68)65-58(39-38-56-55-25-13-15-27-62(55)72-67(56)65)69(59,50-19-7-2-8-20-50)51-21-9-3-10-22-51/h1-44H. The first kappa shape index (κ1) is 41.2. The van der Waals surface area contributed by atoms with Crippen LogP contribution in [0.15, 0.2) is 276 Å². The molecule has 1 aliphatic carbocycles. The molecule has 0 radical (unpaired) electrons. The van der Waals surface area contributed by atoms with Gasteiger partial charge in [0, 0.05) is 55.9 Å². The molecule has 0 aliphatic heterocycles. The van der Waals surface area contributed by atoms with Gasteiger partial charge in [0.1, 0.15) is 22.3 Å². The summed E-state index contributed by atoms with van der Waals surface area (Å²) in [4.78, 5) is 2.44. The average Bonchev–Trinajstić information content (AvgIpc) is 4.25. The Kier molecular flexibility index (Phi) is 9.14. The molecule has 15 rings (SSSR count). The summed E-state index contributed by atoms with van der Waals surface area (Å²) in [6, 6.07) is 94.2. The first-order valence-electron chi connectivity index (χ1n) is 25.0. The molecule has 0 saturated heterocycles. The highest BCUT2D eigenvalue weighted by atomic mass is 16.3. The molecule has 0 spiro atoms. The summed E-state index contributed by atoms with van der Waals surface area (Å²) in [5.41, 5.74) is 19.4. The van der Waals surface area contributed by atoms with E-state index in [4.69, 9.17) is 8.83 Å². The van der Waals surface area contributed by atoms with Crippen molar-refractivity contribution in [2.24, 2.45) is 0 Å². The molecule has 3 heterocycles. The van der Waals surface area contributed by atoms with Crippen molar-refractivity contribution in [1.29, 1.82) is 0 Å². The van der Waals surface area contributed by atoms with Crippen LogP contribution in [0, 0.1) is 0 Å². The van der Waals surface area contributed by atoms with Gasteiger partial charge in [-0.3, -0.25) is 0 Å². The predicted molar refractivity (Wildman–Crippen MR) is 301 cm³/mol. The molecule has 0 saturated carbocycles. The Bertz CT molecular complexity index is 4360. The largest absolute Gasteiger partial charge is 0.455 e. The van der Waals surface area contributed by atoms with Crippen LogP contribution in [0.3, 0.4) is 0 Å². The zero-order valence-corrected chi connectivity index (χ0v) is 39.6. The van der Waals surface area contributed by atoms with Crippen molar-refractivity contribution in [1.82, 2.24) is 4.57 Å². The Morgan fingerprint density at radius 3 is 1.56 bits per heavy atom. The summed E-state index contributed by atoms with van der Waals surface area (Å²) in [6.07, 6.45) is 2.16. The molecule has 0 amide bonds. The average molecular weight is 933 g/mol. The van der Waals surface area contributed by atoms with E-state index in [0.717, 1.165) is 117 Å². The first-order chi connectivity index (χ1) is 36.2. The van der Waals surface area contributed by atoms with Crippen molar-refractivity contribution in [2.75, 3.05) is 4.90 Å². The summed E-state index contributed by atoms with van der Waals surface area (Å²) in [6.45, 7) is 0. The van der Waals surface area contributed by atoms with E-state index in [2.05, 4.69) is 277 Å². The van der Waals surface area contributed by atoms with Gasteiger partial charge in [0.2, 0.25) is 0 Å². The molecule has 3 aromatic heterocycles. The van der Waals surface area contributed by atoms with Crippen LogP contribution >= 0.6 is 0 Å². The SMILES string of the molecule is c1ccc(-c2ccc(N(c3ccc(-c4ccc5c(ccn5-c5ccccc5)c4)cc3)c3cc4c(c5oc6ccccc6c35)-c3c(ccc5c3oc3ccccc35)C4(c3ccccc3)c3ccccc3)cc2)cc1. The van der Waals surface area contributed by atoms with Crippen LogP contribution in [-0.2, 0) is 5.41 Å². The maximum absolute atomic E-state index is 7.35. The van der Waals surface area contributed by atoms with Gasteiger partial charge >= 0.3 is 0 Å². The van der Waals surface area contributed by atoms with E-state index in [9.17, 15) is 0 Å². The number of fused-ring (bicyclic) bond motifs is 12. The summed E-state index contributed by atoms with van der Waals surface area (Å²) < 4.78 is 16.6. The number of furan rings is 2. The third-order valence-corrected chi connectivity index (χ3v) is 15.3. The molecule has 4 heteroatoms. The Hall–Kier alpha value is -9.64. The quantitative estimate of drug-likeness (QED) is 0.152. The molecule has 14 aromatic rings. The van der Waals surface area contributed by atoms with Crippen LogP contribution in [0.4, 0.5) is 17.1 Å². The van der Waals surface area contributed by atoms with Gasteiger partial charge in [-0.25, -0.2) is 0 Å². The summed E-state index contributed by atoms with van der Waals surface area (Å²) in [5, 5.41) is 5.45. The highest BCUT2D eigenvalue weighted by Crippen LogP contribution is 2.62. The minimum Gasteiger partial charge on any atom is -0.455 e. The molecule has 0 fully saturated rings. The fraction of sp³-hybridized carbons (Fsp3) is 0.0145. The zero-order valence-electron chi connectivity index (χ0n) is 39.6. The lowest BCUT2D eigenvalue weighted by molar-refractivity contribution is 0.665. The van der Waals surface area contributed by atoms with E-state index < -0.39 is 5.41 Å². The number of hydrogen-bond donors (Lipinski definition) is 0. The molecule has 0 unspecified atom stereocenters. The van der Waals surface area contributed by atoms with E-state index in [-0.39, 0.29) is 0 Å². The second-order valence-electron chi connectivity index (χ2n) is 19.2. The van der Waals surface area contributed by atoms with E-state index in [1.165, 1.54) is 16.5 Å². The zero-order chi connectivity index (χ0) is 48.0. The lowest BCUT2D eigenvalue weighted by Crippen LogP contribution is -2.28. The van der Waals surface area contributed by atoms with E-state index in [1.54, 1.807) is 0 Å².